The number of fused-ring (bicyclic) bond motifs is 10. The summed E-state index contributed by atoms with van der Waals surface area (Å²) in [4.78, 5) is 0. The smallest absolute Gasteiger partial charge is 0.126 e. The zero-order valence-corrected chi connectivity index (χ0v) is 56.5. The van der Waals surface area contributed by atoms with E-state index >= 15 is 0 Å². The van der Waals surface area contributed by atoms with E-state index in [2.05, 4.69) is 165 Å². The lowest BCUT2D eigenvalue weighted by Gasteiger charge is -2.29. The zero-order valence-electron chi connectivity index (χ0n) is 56.5. The normalized spacial score (nSPS) is 13.4. The fraction of sp³-hybridized carbons (Fsp3) is 0.600. The molecule has 0 aromatic heterocycles. The minimum atomic E-state index is -0.214. The summed E-state index contributed by atoms with van der Waals surface area (Å²) < 4.78 is 66.0. The molecule has 0 unspecified atom stereocenters. The highest BCUT2D eigenvalue weighted by atomic mass is 16.5. The van der Waals surface area contributed by atoms with Gasteiger partial charge < -0.3 is 47.4 Å². The fourth-order valence-electron chi connectivity index (χ4n) is 10.9. The minimum absolute atomic E-state index is 0.214. The molecule has 5 aromatic carbocycles. The molecule has 0 radical (unpaired) electrons. The Morgan fingerprint density at radius 3 is 0.459 bits per heavy atom. The Morgan fingerprint density at radius 2 is 0.353 bits per heavy atom. The molecule has 10 nitrogen and oxygen atoms in total. The fourth-order valence-corrected chi connectivity index (χ4v) is 10.9. The van der Waals surface area contributed by atoms with Crippen molar-refractivity contribution in [1.29, 1.82) is 0 Å². The highest BCUT2D eigenvalue weighted by molar-refractivity contribution is 5.61. The maximum absolute atomic E-state index is 7.19. The summed E-state index contributed by atoms with van der Waals surface area (Å²) in [6.07, 6.45) is 2.75. The van der Waals surface area contributed by atoms with E-state index in [9.17, 15) is 0 Å². The summed E-state index contributed by atoms with van der Waals surface area (Å²) in [5.41, 5.74) is 15.9. The van der Waals surface area contributed by atoms with Crippen molar-refractivity contribution in [2.24, 2.45) is 0 Å². The molecule has 0 heterocycles. The number of ether oxygens (including phenoxy) is 10. The van der Waals surface area contributed by atoms with Crippen molar-refractivity contribution in [2.45, 2.75) is 198 Å². The van der Waals surface area contributed by atoms with Crippen LogP contribution in [0.4, 0.5) is 0 Å². The van der Waals surface area contributed by atoms with E-state index in [1.807, 2.05) is 34.6 Å². The minimum Gasteiger partial charge on any atom is -0.491 e. The molecule has 0 amide bonds. The molecule has 6 rings (SSSR count). The van der Waals surface area contributed by atoms with Crippen molar-refractivity contribution < 1.29 is 47.4 Å². The van der Waals surface area contributed by atoms with Gasteiger partial charge in [-0.25, -0.2) is 0 Å². The van der Waals surface area contributed by atoms with E-state index in [0.29, 0.717) is 131 Å². The second kappa shape index (κ2) is 30.7. The van der Waals surface area contributed by atoms with Crippen LogP contribution in [0.2, 0.25) is 0 Å². The van der Waals surface area contributed by atoms with Gasteiger partial charge in [0.25, 0.3) is 0 Å². The van der Waals surface area contributed by atoms with Gasteiger partial charge >= 0.3 is 0 Å². The highest BCUT2D eigenvalue weighted by Crippen LogP contribution is 2.45. The van der Waals surface area contributed by atoms with Crippen LogP contribution in [0.5, 0.6) is 28.7 Å². The number of benzene rings is 5. The molecule has 0 saturated carbocycles. The van der Waals surface area contributed by atoms with Crippen LogP contribution in [0.3, 0.4) is 0 Å². The van der Waals surface area contributed by atoms with Crippen LogP contribution >= 0.6 is 0 Å². The SMILES string of the molecule is CCOCCOc1c2cc(C(C)(C)C)cc1Cc1cc(C(C)(C)C)cc(c1OCCOCC)Cc1cc(C(C)(C)C)cc(c1OCCOCC)Cc1cc(C(C)(C)C)cc(c1OCCOCC)Cc1cc(C(C)(C)C)cc(c1OCCOCC)C2. The summed E-state index contributed by atoms with van der Waals surface area (Å²) in [6, 6.07) is 23.8. The van der Waals surface area contributed by atoms with Gasteiger partial charge in [0.05, 0.1) is 33.0 Å². The summed E-state index contributed by atoms with van der Waals surface area (Å²) in [5, 5.41) is 0. The molecule has 1 aliphatic rings. The number of hydrogen-bond acceptors (Lipinski definition) is 10. The Balaban J connectivity index is 1.89. The predicted molar refractivity (Wildman–Crippen MR) is 350 cm³/mol. The molecule has 1 aliphatic carbocycles. The third-order valence-corrected chi connectivity index (χ3v) is 15.8. The van der Waals surface area contributed by atoms with E-state index in [1.54, 1.807) is 0 Å². The van der Waals surface area contributed by atoms with E-state index < -0.39 is 0 Å². The van der Waals surface area contributed by atoms with Crippen molar-refractivity contribution in [3.63, 3.8) is 0 Å². The average Bonchev–Trinajstić information content (AvgIpc) is 3.62. The highest BCUT2D eigenvalue weighted by Gasteiger charge is 2.31. The van der Waals surface area contributed by atoms with E-state index in [0.717, 1.165) is 84.4 Å². The molecule has 85 heavy (non-hydrogen) atoms. The lowest BCUT2D eigenvalue weighted by Crippen LogP contribution is -2.19. The van der Waals surface area contributed by atoms with Crippen LogP contribution in [-0.4, -0.2) is 99.1 Å². The molecular weight excluding hydrogens is 1060 g/mol. The molecular formula is C75H110O10. The van der Waals surface area contributed by atoms with E-state index in [4.69, 9.17) is 47.4 Å². The average molecular weight is 1170 g/mol. The first-order chi connectivity index (χ1) is 40.1. The van der Waals surface area contributed by atoms with Crippen molar-refractivity contribution in [2.75, 3.05) is 99.1 Å². The molecule has 5 aromatic rings. The van der Waals surface area contributed by atoms with Crippen molar-refractivity contribution in [3.05, 3.63) is 144 Å². The number of hydrogen-bond donors (Lipinski definition) is 0. The molecule has 10 bridgehead atoms. The lowest BCUT2D eigenvalue weighted by atomic mass is 9.79. The first-order valence-corrected chi connectivity index (χ1v) is 31.9. The Hall–Kier alpha value is -5.10. The van der Waals surface area contributed by atoms with Gasteiger partial charge in [0.1, 0.15) is 61.8 Å². The third-order valence-electron chi connectivity index (χ3n) is 15.8. The maximum atomic E-state index is 7.19. The van der Waals surface area contributed by atoms with E-state index in [1.165, 1.54) is 27.8 Å². The summed E-state index contributed by atoms with van der Waals surface area (Å²) in [5.74, 6) is 4.27. The van der Waals surface area contributed by atoms with E-state index in [-0.39, 0.29) is 27.1 Å². The molecule has 0 aliphatic heterocycles. The first-order valence-electron chi connectivity index (χ1n) is 31.9. The van der Waals surface area contributed by atoms with Gasteiger partial charge in [-0.05, 0) is 145 Å². The molecule has 0 N–H and O–H groups in total. The van der Waals surface area contributed by atoms with Gasteiger partial charge in [-0.3, -0.25) is 0 Å². The number of rotatable bonds is 25. The van der Waals surface area contributed by atoms with Crippen LogP contribution in [-0.2, 0) is 82.9 Å². The van der Waals surface area contributed by atoms with Gasteiger partial charge in [-0.2, -0.15) is 0 Å². The van der Waals surface area contributed by atoms with Gasteiger partial charge in [0.15, 0.2) is 0 Å². The topological polar surface area (TPSA) is 92.3 Å². The molecule has 0 saturated heterocycles. The van der Waals surface area contributed by atoms with Crippen molar-refractivity contribution in [1.82, 2.24) is 0 Å². The standard InChI is InChI=1S/C75H110O10/c1-21-76-26-31-81-66-51-36-53-43-62(72(9,10)11)45-55(67(53)82-32-27-77-22-2)38-57-47-64(74(15,16)17)49-59(69(57)84-34-29-79-24-4)40-60-50-65(75(18,19)20)48-58(70(60)85-35-30-80-25-5)39-56-46-63(73(12,13)14)44-54(68(56)83-33-28-78-23-3)37-52(66)42-61(41-51)71(6,7)8/h41-50H,21-40H2,1-20H3. The lowest BCUT2D eigenvalue weighted by molar-refractivity contribution is 0.108. The molecule has 0 fully saturated rings. The largest absolute Gasteiger partial charge is 0.491 e. The Bertz CT molecular complexity index is 2360. The molecule has 10 heteroatoms. The molecule has 470 valence electrons. The van der Waals surface area contributed by atoms with Gasteiger partial charge in [-0.15, -0.1) is 0 Å². The van der Waals surface area contributed by atoms with Gasteiger partial charge in [0.2, 0.25) is 0 Å². The van der Waals surface area contributed by atoms with Gasteiger partial charge in [0, 0.05) is 65.1 Å². The first kappa shape index (κ1) is 69.0. The summed E-state index contributed by atoms with van der Waals surface area (Å²) >= 11 is 0. The third kappa shape index (κ3) is 19.4. The van der Waals surface area contributed by atoms with Crippen molar-refractivity contribution >= 4 is 0 Å². The molecule has 0 spiro atoms. The predicted octanol–water partition coefficient (Wildman–Crippen LogP) is 16.5. The Morgan fingerprint density at radius 1 is 0.224 bits per heavy atom. The zero-order chi connectivity index (χ0) is 62.3. The monoisotopic (exact) mass is 1170 g/mol. The van der Waals surface area contributed by atoms with Crippen molar-refractivity contribution in [3.8, 4) is 28.7 Å². The van der Waals surface area contributed by atoms with Crippen LogP contribution < -0.4 is 23.7 Å². The molecule has 0 atom stereocenters. The van der Waals surface area contributed by atoms with Crippen LogP contribution in [0, 0.1) is 0 Å². The Labute approximate surface area is 514 Å². The second-order valence-corrected chi connectivity index (χ2v) is 28.0. The second-order valence-electron chi connectivity index (χ2n) is 28.0. The van der Waals surface area contributed by atoms with Crippen LogP contribution in [0.1, 0.15) is 222 Å². The Kier molecular flexibility index (Phi) is 24.9. The summed E-state index contributed by atoms with van der Waals surface area (Å²) in [7, 11) is 0. The maximum Gasteiger partial charge on any atom is 0.126 e. The van der Waals surface area contributed by atoms with Gasteiger partial charge in [-0.1, -0.05) is 165 Å². The van der Waals surface area contributed by atoms with Crippen LogP contribution in [0.25, 0.3) is 0 Å². The van der Waals surface area contributed by atoms with Crippen LogP contribution in [0.15, 0.2) is 60.7 Å². The summed E-state index contributed by atoms with van der Waals surface area (Å²) in [6.45, 7) is 51.9. The quantitative estimate of drug-likeness (QED) is 0.0516.